The van der Waals surface area contributed by atoms with E-state index in [1.807, 2.05) is 18.5 Å². The standard InChI is InChI=1S/C10H13ClN4S/c1-3-15-10(7(11)4-14-15)9(12)8-5-13-6(2)16-8/h4-5,9H,3,12H2,1-2H3. The van der Waals surface area contributed by atoms with Gasteiger partial charge in [0, 0.05) is 17.6 Å². The van der Waals surface area contributed by atoms with Gasteiger partial charge in [-0.3, -0.25) is 4.68 Å². The molecule has 1 atom stereocenters. The zero-order valence-corrected chi connectivity index (χ0v) is 10.7. The van der Waals surface area contributed by atoms with Crippen LogP contribution in [0.3, 0.4) is 0 Å². The lowest BCUT2D eigenvalue weighted by Gasteiger charge is -2.11. The van der Waals surface area contributed by atoms with Crippen molar-refractivity contribution >= 4 is 22.9 Å². The average molecular weight is 257 g/mol. The number of nitrogens with zero attached hydrogens (tertiary/aromatic N) is 3. The van der Waals surface area contributed by atoms with Crippen LogP contribution in [0.1, 0.15) is 28.5 Å². The zero-order valence-electron chi connectivity index (χ0n) is 9.14. The third-order valence-electron chi connectivity index (χ3n) is 2.37. The molecule has 1 unspecified atom stereocenters. The first-order valence-corrected chi connectivity index (χ1v) is 6.22. The minimum atomic E-state index is -0.249. The van der Waals surface area contributed by atoms with Gasteiger partial charge in [0.25, 0.3) is 0 Å². The van der Waals surface area contributed by atoms with Crippen molar-refractivity contribution in [1.29, 1.82) is 0 Å². The number of hydrogen-bond donors (Lipinski definition) is 1. The van der Waals surface area contributed by atoms with E-state index in [0.29, 0.717) is 5.02 Å². The van der Waals surface area contributed by atoms with E-state index in [0.717, 1.165) is 22.1 Å². The Morgan fingerprint density at radius 2 is 2.31 bits per heavy atom. The van der Waals surface area contributed by atoms with Crippen molar-refractivity contribution in [2.45, 2.75) is 26.4 Å². The fourth-order valence-electron chi connectivity index (χ4n) is 1.59. The highest BCUT2D eigenvalue weighted by Gasteiger charge is 2.19. The Bertz CT molecular complexity index is 491. The Kier molecular flexibility index (Phi) is 3.28. The lowest BCUT2D eigenvalue weighted by molar-refractivity contribution is 0.603. The maximum absolute atomic E-state index is 6.18. The molecule has 6 heteroatoms. The Balaban J connectivity index is 2.40. The van der Waals surface area contributed by atoms with Gasteiger partial charge in [0.05, 0.1) is 28.0 Å². The quantitative estimate of drug-likeness (QED) is 0.917. The lowest BCUT2D eigenvalue weighted by atomic mass is 10.2. The summed E-state index contributed by atoms with van der Waals surface area (Å²) in [5.74, 6) is 0. The van der Waals surface area contributed by atoms with Crippen LogP contribution >= 0.6 is 22.9 Å². The Morgan fingerprint density at radius 1 is 1.56 bits per heavy atom. The van der Waals surface area contributed by atoms with E-state index in [-0.39, 0.29) is 6.04 Å². The Morgan fingerprint density at radius 3 is 2.88 bits per heavy atom. The number of halogens is 1. The fraction of sp³-hybridized carbons (Fsp3) is 0.400. The monoisotopic (exact) mass is 256 g/mol. The normalized spacial score (nSPS) is 13.0. The molecule has 0 fully saturated rings. The van der Waals surface area contributed by atoms with Crippen molar-refractivity contribution < 1.29 is 0 Å². The van der Waals surface area contributed by atoms with E-state index in [2.05, 4.69) is 10.1 Å². The van der Waals surface area contributed by atoms with Crippen LogP contribution in [-0.2, 0) is 6.54 Å². The zero-order chi connectivity index (χ0) is 11.7. The van der Waals surface area contributed by atoms with Crippen LogP contribution in [0.2, 0.25) is 5.02 Å². The van der Waals surface area contributed by atoms with Gasteiger partial charge in [-0.2, -0.15) is 5.10 Å². The molecule has 0 aliphatic heterocycles. The Hall–Kier alpha value is -0.910. The topological polar surface area (TPSA) is 56.7 Å². The molecular weight excluding hydrogens is 244 g/mol. The first kappa shape index (κ1) is 11.6. The van der Waals surface area contributed by atoms with Crippen LogP contribution in [0.4, 0.5) is 0 Å². The van der Waals surface area contributed by atoms with Gasteiger partial charge in [-0.05, 0) is 13.8 Å². The van der Waals surface area contributed by atoms with Crippen LogP contribution < -0.4 is 5.73 Å². The number of hydrogen-bond acceptors (Lipinski definition) is 4. The van der Waals surface area contributed by atoms with Crippen molar-refractivity contribution in [2.75, 3.05) is 0 Å². The second kappa shape index (κ2) is 4.53. The molecular formula is C10H13ClN4S. The molecule has 0 bridgehead atoms. The summed E-state index contributed by atoms with van der Waals surface area (Å²) in [5, 5.41) is 5.79. The van der Waals surface area contributed by atoms with E-state index in [1.54, 1.807) is 23.7 Å². The summed E-state index contributed by atoms with van der Waals surface area (Å²) in [6.07, 6.45) is 3.43. The van der Waals surface area contributed by atoms with Crippen LogP contribution in [0, 0.1) is 6.92 Å². The summed E-state index contributed by atoms with van der Waals surface area (Å²) in [7, 11) is 0. The molecule has 0 aliphatic carbocycles. The first-order valence-electron chi connectivity index (χ1n) is 5.02. The Labute approximate surface area is 103 Å². The molecule has 0 amide bonds. The molecule has 2 N–H and O–H groups in total. The lowest BCUT2D eigenvalue weighted by Crippen LogP contribution is -2.16. The van der Waals surface area contributed by atoms with E-state index in [4.69, 9.17) is 17.3 Å². The molecule has 16 heavy (non-hydrogen) atoms. The molecule has 2 aromatic heterocycles. The van der Waals surface area contributed by atoms with E-state index < -0.39 is 0 Å². The summed E-state index contributed by atoms with van der Waals surface area (Å²) in [4.78, 5) is 5.21. The molecule has 2 aromatic rings. The number of nitrogens with two attached hydrogens (primary N) is 1. The third kappa shape index (κ3) is 1.98. The molecule has 0 saturated heterocycles. The second-order valence-electron chi connectivity index (χ2n) is 3.45. The van der Waals surface area contributed by atoms with Crippen molar-refractivity contribution in [1.82, 2.24) is 14.8 Å². The van der Waals surface area contributed by atoms with Crippen molar-refractivity contribution in [3.05, 3.63) is 33.0 Å². The molecule has 0 aromatic carbocycles. The summed E-state index contributed by atoms with van der Waals surface area (Å²) in [6, 6.07) is -0.249. The third-order valence-corrected chi connectivity index (χ3v) is 3.66. The number of thiazole rings is 1. The number of aromatic nitrogens is 3. The molecule has 0 aliphatic rings. The molecule has 0 saturated carbocycles. The highest BCUT2D eigenvalue weighted by molar-refractivity contribution is 7.11. The van der Waals surface area contributed by atoms with Gasteiger partial charge in [-0.1, -0.05) is 11.6 Å². The van der Waals surface area contributed by atoms with Crippen molar-refractivity contribution in [3.8, 4) is 0 Å². The van der Waals surface area contributed by atoms with Crippen molar-refractivity contribution in [2.24, 2.45) is 5.73 Å². The van der Waals surface area contributed by atoms with Gasteiger partial charge in [0.2, 0.25) is 0 Å². The van der Waals surface area contributed by atoms with Crippen LogP contribution in [0.15, 0.2) is 12.4 Å². The van der Waals surface area contributed by atoms with Gasteiger partial charge in [0.1, 0.15) is 0 Å². The highest BCUT2D eigenvalue weighted by Crippen LogP contribution is 2.29. The molecule has 86 valence electrons. The molecule has 4 nitrogen and oxygen atoms in total. The predicted molar refractivity (Wildman–Crippen MR) is 65.8 cm³/mol. The summed E-state index contributed by atoms with van der Waals surface area (Å²) in [6.45, 7) is 4.73. The van der Waals surface area contributed by atoms with E-state index in [9.17, 15) is 0 Å². The van der Waals surface area contributed by atoms with E-state index in [1.165, 1.54) is 0 Å². The highest BCUT2D eigenvalue weighted by atomic mass is 35.5. The smallest absolute Gasteiger partial charge is 0.0897 e. The maximum atomic E-state index is 6.18. The van der Waals surface area contributed by atoms with Crippen LogP contribution in [0.5, 0.6) is 0 Å². The van der Waals surface area contributed by atoms with Crippen LogP contribution in [-0.4, -0.2) is 14.8 Å². The predicted octanol–water partition coefficient (Wildman–Crippen LogP) is 2.37. The van der Waals surface area contributed by atoms with Gasteiger partial charge >= 0.3 is 0 Å². The maximum Gasteiger partial charge on any atom is 0.0897 e. The summed E-state index contributed by atoms with van der Waals surface area (Å²) < 4.78 is 1.82. The summed E-state index contributed by atoms with van der Waals surface area (Å²) >= 11 is 7.68. The summed E-state index contributed by atoms with van der Waals surface area (Å²) in [5.41, 5.74) is 7.03. The SMILES string of the molecule is CCn1ncc(Cl)c1C(N)c1cnc(C)s1. The molecule has 2 rings (SSSR count). The average Bonchev–Trinajstić information content (AvgIpc) is 2.83. The van der Waals surface area contributed by atoms with Gasteiger partial charge in [-0.25, -0.2) is 4.98 Å². The molecule has 0 spiro atoms. The fourth-order valence-corrected chi connectivity index (χ4v) is 2.64. The minimum absolute atomic E-state index is 0.249. The van der Waals surface area contributed by atoms with E-state index >= 15 is 0 Å². The molecule has 0 radical (unpaired) electrons. The van der Waals surface area contributed by atoms with Gasteiger partial charge < -0.3 is 5.73 Å². The van der Waals surface area contributed by atoms with Crippen LogP contribution in [0.25, 0.3) is 0 Å². The van der Waals surface area contributed by atoms with Gasteiger partial charge in [-0.15, -0.1) is 11.3 Å². The largest absolute Gasteiger partial charge is 0.318 e. The minimum Gasteiger partial charge on any atom is -0.318 e. The second-order valence-corrected chi connectivity index (χ2v) is 5.13. The number of rotatable bonds is 3. The van der Waals surface area contributed by atoms with Gasteiger partial charge in [0.15, 0.2) is 0 Å². The van der Waals surface area contributed by atoms with Crippen molar-refractivity contribution in [3.63, 3.8) is 0 Å². The first-order chi connectivity index (χ1) is 7.63. The molecule has 2 heterocycles. The number of aryl methyl sites for hydroxylation is 2.